The molecule has 1 unspecified atom stereocenters. The average molecular weight is 190 g/mol. The minimum atomic E-state index is 1.05. The predicted molar refractivity (Wildman–Crippen MR) is 51.2 cm³/mol. The van der Waals surface area contributed by atoms with E-state index < -0.39 is 0 Å². The molecule has 0 radical (unpaired) electrons. The van der Waals surface area contributed by atoms with Crippen molar-refractivity contribution in [3.8, 4) is 0 Å². The lowest BCUT2D eigenvalue weighted by Crippen LogP contribution is -2.22. The van der Waals surface area contributed by atoms with E-state index in [1.165, 1.54) is 0 Å². The van der Waals surface area contributed by atoms with E-state index in [0.717, 1.165) is 22.3 Å². The second-order valence-electron chi connectivity index (χ2n) is 3.52. The average Bonchev–Trinajstić information content (AvgIpc) is 2.60. The Bertz CT molecular complexity index is 143. The largest absolute Gasteiger partial charge is 0.0776 e. The van der Waals surface area contributed by atoms with Crippen LogP contribution in [-0.4, -0.2) is 10.5 Å². The Morgan fingerprint density at radius 1 is 0.900 bits per heavy atom. The highest BCUT2D eigenvalue weighted by Gasteiger charge is 2.51. The van der Waals surface area contributed by atoms with Crippen LogP contribution in [0.15, 0.2) is 0 Å². The topological polar surface area (TPSA) is 0 Å². The van der Waals surface area contributed by atoms with E-state index in [2.05, 4.69) is 21.6 Å². The van der Waals surface area contributed by atoms with Gasteiger partial charge < -0.3 is 0 Å². The van der Waals surface area contributed by atoms with Crippen molar-refractivity contribution in [1.82, 2.24) is 0 Å². The molecule has 0 spiro atoms. The molecule has 3 heteroatoms. The molecule has 1 aliphatic heterocycles. The van der Waals surface area contributed by atoms with Gasteiger partial charge in [0.05, 0.1) is 0 Å². The molecular formula is C7H10S3. The van der Waals surface area contributed by atoms with Crippen molar-refractivity contribution in [2.45, 2.75) is 29.8 Å². The molecule has 1 saturated heterocycles. The van der Waals surface area contributed by atoms with Crippen molar-refractivity contribution in [3.63, 3.8) is 0 Å². The molecule has 0 N–H and O–H groups in total. The summed E-state index contributed by atoms with van der Waals surface area (Å²) in [5, 5.41) is 2.10. The van der Waals surface area contributed by atoms with E-state index in [4.69, 9.17) is 0 Å². The molecule has 10 heavy (non-hydrogen) atoms. The smallest absolute Gasteiger partial charge is 0.0318 e. The fourth-order valence-corrected chi connectivity index (χ4v) is 9.40. The van der Waals surface area contributed by atoms with Gasteiger partial charge in [-0.15, -0.1) is 0 Å². The van der Waals surface area contributed by atoms with Gasteiger partial charge in [-0.3, -0.25) is 0 Å². The Labute approximate surface area is 73.1 Å². The van der Waals surface area contributed by atoms with Crippen molar-refractivity contribution in [2.75, 3.05) is 0 Å². The quantitative estimate of drug-likeness (QED) is 0.538. The molecule has 0 aromatic heterocycles. The van der Waals surface area contributed by atoms with Gasteiger partial charge in [-0.2, -0.15) is 0 Å². The van der Waals surface area contributed by atoms with Crippen molar-refractivity contribution in [3.05, 3.63) is 0 Å². The Kier molecular flexibility index (Phi) is 1.49. The fourth-order valence-electron chi connectivity index (χ4n) is 2.57. The number of hydrogen-bond donors (Lipinski definition) is 0. The zero-order valence-corrected chi connectivity index (χ0v) is 8.10. The third-order valence-electron chi connectivity index (χ3n) is 3.07. The van der Waals surface area contributed by atoms with Gasteiger partial charge in [-0.05, 0) is 40.9 Å². The maximum atomic E-state index is 2.16. The summed E-state index contributed by atoms with van der Waals surface area (Å²) in [6.45, 7) is 0. The lowest BCUT2D eigenvalue weighted by molar-refractivity contribution is 0.508. The minimum absolute atomic E-state index is 1.05. The lowest BCUT2D eigenvalue weighted by Gasteiger charge is -2.20. The van der Waals surface area contributed by atoms with Crippen LogP contribution in [-0.2, 0) is 0 Å². The summed E-state index contributed by atoms with van der Waals surface area (Å²) in [6, 6.07) is 0. The molecule has 3 fully saturated rings. The summed E-state index contributed by atoms with van der Waals surface area (Å²) in [7, 11) is 6.36. The molecule has 2 bridgehead atoms. The third-order valence-corrected chi connectivity index (χ3v) is 8.42. The first kappa shape index (κ1) is 6.55. The van der Waals surface area contributed by atoms with E-state index in [0.29, 0.717) is 0 Å². The summed E-state index contributed by atoms with van der Waals surface area (Å²) in [5.74, 6) is 2.23. The number of hydrogen-bond acceptors (Lipinski definition) is 3. The minimum Gasteiger partial charge on any atom is -0.0776 e. The summed E-state index contributed by atoms with van der Waals surface area (Å²) in [6.07, 6.45) is 4.65. The highest BCUT2D eigenvalue weighted by molar-refractivity contribution is 9.11. The summed E-state index contributed by atoms with van der Waals surface area (Å²) < 4.78 is 0. The Morgan fingerprint density at radius 3 is 2.10 bits per heavy atom. The van der Waals surface area contributed by atoms with Crippen LogP contribution in [0, 0.1) is 11.8 Å². The maximum absolute atomic E-state index is 2.16. The molecule has 3 rings (SSSR count). The van der Waals surface area contributed by atoms with Crippen LogP contribution in [0.25, 0.3) is 0 Å². The molecule has 0 amide bonds. The monoisotopic (exact) mass is 190 g/mol. The molecule has 56 valence electrons. The van der Waals surface area contributed by atoms with E-state index in [1.807, 2.05) is 9.83 Å². The zero-order valence-electron chi connectivity index (χ0n) is 5.66. The number of fused-ring (bicyclic) bond motifs is 5. The van der Waals surface area contributed by atoms with Gasteiger partial charge in [-0.1, -0.05) is 21.6 Å². The lowest BCUT2D eigenvalue weighted by atomic mass is 10.00. The fraction of sp³-hybridized carbons (Fsp3) is 1.00. The molecule has 3 aliphatic rings. The van der Waals surface area contributed by atoms with Gasteiger partial charge in [0.2, 0.25) is 0 Å². The zero-order chi connectivity index (χ0) is 6.55. The highest BCUT2D eigenvalue weighted by atomic mass is 33.5. The van der Waals surface area contributed by atoms with Gasteiger partial charge >= 0.3 is 0 Å². The molecule has 0 aromatic rings. The van der Waals surface area contributed by atoms with Gasteiger partial charge in [0, 0.05) is 10.5 Å². The van der Waals surface area contributed by atoms with Crippen LogP contribution in [0.1, 0.15) is 19.3 Å². The maximum Gasteiger partial charge on any atom is 0.0318 e. The van der Waals surface area contributed by atoms with Crippen molar-refractivity contribution < 1.29 is 0 Å². The summed E-state index contributed by atoms with van der Waals surface area (Å²) in [4.78, 5) is 0. The van der Waals surface area contributed by atoms with Crippen LogP contribution in [0.4, 0.5) is 0 Å². The van der Waals surface area contributed by atoms with Crippen LogP contribution in [0.2, 0.25) is 0 Å². The van der Waals surface area contributed by atoms with E-state index in [9.17, 15) is 0 Å². The van der Waals surface area contributed by atoms with E-state index in [1.54, 1.807) is 19.3 Å². The second-order valence-corrected chi connectivity index (χ2v) is 7.92. The highest BCUT2D eigenvalue weighted by Crippen LogP contribution is 2.65. The van der Waals surface area contributed by atoms with Gasteiger partial charge in [0.15, 0.2) is 0 Å². The summed E-state index contributed by atoms with van der Waals surface area (Å²) >= 11 is 0. The SMILES string of the molecule is C1C[C@@H]2C[C@H]1C1SSS[C@H]12. The van der Waals surface area contributed by atoms with Crippen molar-refractivity contribution in [2.24, 2.45) is 11.8 Å². The van der Waals surface area contributed by atoms with Crippen molar-refractivity contribution >= 4 is 31.4 Å². The molecular weight excluding hydrogens is 180 g/mol. The van der Waals surface area contributed by atoms with Crippen molar-refractivity contribution in [1.29, 1.82) is 0 Å². The Hall–Kier alpha value is 1.05. The third kappa shape index (κ3) is 0.745. The molecule has 2 saturated carbocycles. The van der Waals surface area contributed by atoms with Crippen LogP contribution < -0.4 is 0 Å². The first-order valence-corrected chi connectivity index (χ1v) is 7.55. The second kappa shape index (κ2) is 2.27. The van der Waals surface area contributed by atoms with Crippen LogP contribution in [0.3, 0.4) is 0 Å². The first-order valence-electron chi connectivity index (χ1n) is 3.94. The summed E-state index contributed by atoms with van der Waals surface area (Å²) in [5.41, 5.74) is 0. The first-order chi connectivity index (χ1) is 4.95. The molecule has 0 aromatic carbocycles. The van der Waals surface area contributed by atoms with Gasteiger partial charge in [0.1, 0.15) is 0 Å². The van der Waals surface area contributed by atoms with E-state index in [-0.39, 0.29) is 0 Å². The molecule has 4 atom stereocenters. The predicted octanol–water partition coefficient (Wildman–Crippen LogP) is 3.20. The van der Waals surface area contributed by atoms with Gasteiger partial charge in [0.25, 0.3) is 0 Å². The molecule has 0 nitrogen and oxygen atoms in total. The number of rotatable bonds is 0. The van der Waals surface area contributed by atoms with Crippen LogP contribution >= 0.6 is 31.4 Å². The standard InChI is InChI=1S/C7H10S3/c1-2-5-3-4(1)6-7(5)9-10-8-6/h4-7H,1-3H2/t4-,5+,6+,7?/m1/s1. The van der Waals surface area contributed by atoms with Gasteiger partial charge in [-0.25, -0.2) is 0 Å². The molecule has 1 heterocycles. The molecule has 2 aliphatic carbocycles. The Morgan fingerprint density at radius 2 is 1.50 bits per heavy atom. The Balaban J connectivity index is 1.92. The normalized spacial score (nSPS) is 57.6. The van der Waals surface area contributed by atoms with E-state index >= 15 is 0 Å². The van der Waals surface area contributed by atoms with Crippen LogP contribution in [0.5, 0.6) is 0 Å².